The van der Waals surface area contributed by atoms with E-state index in [-0.39, 0.29) is 16.9 Å². The van der Waals surface area contributed by atoms with Crippen LogP contribution in [0.15, 0.2) is 53.7 Å². The van der Waals surface area contributed by atoms with E-state index in [1.165, 1.54) is 0 Å². The SMILES string of the molecule is COc1ccc(C2C3=C(CC(C)(C)CC3=O)Nc3nc(-c4ccc(O)cc4)nn32)c(OC)c1. The number of methoxy groups -OCH3 is 2. The van der Waals surface area contributed by atoms with E-state index < -0.39 is 6.04 Å². The second-order valence-electron chi connectivity index (χ2n) is 9.22. The first kappa shape index (κ1) is 21.1. The lowest BCUT2D eigenvalue weighted by Crippen LogP contribution is -2.36. The summed E-state index contributed by atoms with van der Waals surface area (Å²) in [6.07, 6.45) is 1.18. The number of carbonyl (C=O) groups excluding carboxylic acids is 1. The Bertz CT molecular complexity index is 1270. The number of carbonyl (C=O) groups is 1. The molecule has 2 aromatic carbocycles. The molecule has 33 heavy (non-hydrogen) atoms. The topological polar surface area (TPSA) is 98.5 Å². The Hall–Kier alpha value is -3.81. The van der Waals surface area contributed by atoms with Gasteiger partial charge in [-0.15, -0.1) is 5.10 Å². The number of Topliss-reactive ketones (excluding diaryl/α,β-unsaturated/α-hetero) is 1. The molecule has 1 atom stereocenters. The van der Waals surface area contributed by atoms with Crippen molar-refractivity contribution in [3.63, 3.8) is 0 Å². The average molecular weight is 447 g/mol. The van der Waals surface area contributed by atoms with Gasteiger partial charge in [-0.25, -0.2) is 4.68 Å². The number of allylic oxidation sites excluding steroid dienone is 2. The Morgan fingerprint density at radius 2 is 1.85 bits per heavy atom. The Labute approximate surface area is 191 Å². The number of fused-ring (bicyclic) bond motifs is 1. The van der Waals surface area contributed by atoms with E-state index in [4.69, 9.17) is 19.6 Å². The Morgan fingerprint density at radius 1 is 1.09 bits per heavy atom. The van der Waals surface area contributed by atoms with Crippen molar-refractivity contribution < 1.29 is 19.4 Å². The molecule has 5 rings (SSSR count). The number of ketones is 1. The summed E-state index contributed by atoms with van der Waals surface area (Å²) in [4.78, 5) is 18.1. The number of nitrogens with zero attached hydrogens (tertiary/aromatic N) is 3. The van der Waals surface area contributed by atoms with Gasteiger partial charge in [0, 0.05) is 34.9 Å². The highest BCUT2D eigenvalue weighted by Gasteiger charge is 2.42. The summed E-state index contributed by atoms with van der Waals surface area (Å²) in [5, 5.41) is 17.8. The van der Waals surface area contributed by atoms with Crippen molar-refractivity contribution in [2.24, 2.45) is 5.41 Å². The molecule has 1 aliphatic heterocycles. The van der Waals surface area contributed by atoms with Crippen molar-refractivity contribution in [3.8, 4) is 28.6 Å². The monoisotopic (exact) mass is 446 g/mol. The first-order valence-electron chi connectivity index (χ1n) is 10.8. The zero-order chi connectivity index (χ0) is 23.3. The normalized spacial score (nSPS) is 18.9. The van der Waals surface area contributed by atoms with E-state index in [0.717, 1.165) is 23.2 Å². The summed E-state index contributed by atoms with van der Waals surface area (Å²) >= 11 is 0. The highest BCUT2D eigenvalue weighted by molar-refractivity contribution is 6.00. The molecule has 2 aliphatic rings. The highest BCUT2D eigenvalue weighted by atomic mass is 16.5. The van der Waals surface area contributed by atoms with Gasteiger partial charge in [0.15, 0.2) is 11.6 Å². The maximum absolute atomic E-state index is 13.4. The maximum Gasteiger partial charge on any atom is 0.226 e. The maximum atomic E-state index is 13.4. The molecule has 3 aromatic rings. The van der Waals surface area contributed by atoms with E-state index in [9.17, 15) is 9.90 Å². The van der Waals surface area contributed by atoms with Gasteiger partial charge in [0.25, 0.3) is 0 Å². The van der Waals surface area contributed by atoms with Crippen molar-refractivity contribution in [2.45, 2.75) is 32.7 Å². The molecule has 0 amide bonds. The van der Waals surface area contributed by atoms with E-state index in [1.807, 2.05) is 18.2 Å². The van der Waals surface area contributed by atoms with Crippen LogP contribution in [0.3, 0.4) is 0 Å². The van der Waals surface area contributed by atoms with Gasteiger partial charge in [-0.2, -0.15) is 4.98 Å². The molecule has 0 saturated carbocycles. The number of anilines is 1. The van der Waals surface area contributed by atoms with Gasteiger partial charge >= 0.3 is 0 Å². The lowest BCUT2D eigenvalue weighted by atomic mass is 9.73. The molecule has 0 spiro atoms. The Morgan fingerprint density at radius 3 is 2.55 bits per heavy atom. The van der Waals surface area contributed by atoms with Gasteiger partial charge < -0.3 is 19.9 Å². The molecule has 0 bridgehead atoms. The van der Waals surface area contributed by atoms with Crippen molar-refractivity contribution in [1.82, 2.24) is 14.8 Å². The number of aromatic nitrogens is 3. The number of aromatic hydroxyl groups is 1. The summed E-state index contributed by atoms with van der Waals surface area (Å²) in [6, 6.07) is 11.8. The standard InChI is InChI=1S/C25H26N4O4/c1-25(2)12-18-21(19(31)13-25)22(17-10-9-16(32-3)11-20(17)33-4)29-24(26-18)27-23(28-29)14-5-7-15(30)8-6-14/h5-11,22,30H,12-13H2,1-4H3,(H,26,27,28). The first-order chi connectivity index (χ1) is 15.8. The molecular formula is C25H26N4O4. The molecule has 2 N–H and O–H groups in total. The van der Waals surface area contributed by atoms with Gasteiger partial charge in [-0.05, 0) is 48.2 Å². The smallest absolute Gasteiger partial charge is 0.226 e. The number of benzene rings is 2. The first-order valence-corrected chi connectivity index (χ1v) is 10.8. The molecule has 8 nitrogen and oxygen atoms in total. The fourth-order valence-electron chi connectivity index (χ4n) is 4.67. The van der Waals surface area contributed by atoms with Gasteiger partial charge in [-0.3, -0.25) is 4.79 Å². The molecule has 1 aromatic heterocycles. The molecular weight excluding hydrogens is 420 g/mol. The molecule has 1 unspecified atom stereocenters. The van der Waals surface area contributed by atoms with Gasteiger partial charge in [0.05, 0.1) is 14.2 Å². The van der Waals surface area contributed by atoms with Crippen molar-refractivity contribution in [3.05, 3.63) is 59.3 Å². The van der Waals surface area contributed by atoms with E-state index in [2.05, 4.69) is 19.2 Å². The van der Waals surface area contributed by atoms with Gasteiger partial charge in [0.2, 0.25) is 5.95 Å². The van der Waals surface area contributed by atoms with Crippen LogP contribution in [0.1, 0.15) is 38.3 Å². The number of phenolic OH excluding ortho intramolecular Hbond substituents is 1. The summed E-state index contributed by atoms with van der Waals surface area (Å²) in [5.41, 5.74) is 2.98. The summed E-state index contributed by atoms with van der Waals surface area (Å²) in [6.45, 7) is 4.20. The largest absolute Gasteiger partial charge is 0.508 e. The molecule has 0 saturated heterocycles. The number of phenols is 1. The molecule has 0 fully saturated rings. The van der Waals surface area contributed by atoms with Crippen LogP contribution in [0.25, 0.3) is 11.4 Å². The predicted octanol–water partition coefficient (Wildman–Crippen LogP) is 4.33. The minimum atomic E-state index is -0.487. The quantitative estimate of drug-likeness (QED) is 0.616. The van der Waals surface area contributed by atoms with Crippen LogP contribution in [0.2, 0.25) is 0 Å². The number of ether oxygens (including phenoxy) is 2. The van der Waals surface area contributed by atoms with Crippen LogP contribution in [0, 0.1) is 5.41 Å². The van der Waals surface area contributed by atoms with Crippen molar-refractivity contribution in [2.75, 3.05) is 19.5 Å². The van der Waals surface area contributed by atoms with Gasteiger partial charge in [-0.1, -0.05) is 13.8 Å². The van der Waals surface area contributed by atoms with Crippen LogP contribution >= 0.6 is 0 Å². The third-order valence-electron chi connectivity index (χ3n) is 6.19. The zero-order valence-electron chi connectivity index (χ0n) is 19.0. The van der Waals surface area contributed by atoms with Crippen LogP contribution in [-0.4, -0.2) is 39.9 Å². The predicted molar refractivity (Wildman–Crippen MR) is 123 cm³/mol. The second kappa shape index (κ2) is 7.65. The van der Waals surface area contributed by atoms with Crippen LogP contribution < -0.4 is 14.8 Å². The van der Waals surface area contributed by atoms with Crippen molar-refractivity contribution in [1.29, 1.82) is 0 Å². The summed E-state index contributed by atoms with van der Waals surface area (Å²) in [5.74, 6) is 2.60. The number of rotatable bonds is 4. The molecule has 2 heterocycles. The molecule has 0 radical (unpaired) electrons. The van der Waals surface area contributed by atoms with E-state index >= 15 is 0 Å². The highest BCUT2D eigenvalue weighted by Crippen LogP contribution is 2.47. The minimum Gasteiger partial charge on any atom is -0.508 e. The molecule has 8 heteroatoms. The van der Waals surface area contributed by atoms with Gasteiger partial charge in [0.1, 0.15) is 23.3 Å². The Balaban J connectivity index is 1.70. The number of nitrogens with one attached hydrogen (secondary N) is 1. The lowest BCUT2D eigenvalue weighted by Gasteiger charge is -2.38. The molecule has 170 valence electrons. The van der Waals surface area contributed by atoms with Crippen LogP contribution in [0.5, 0.6) is 17.2 Å². The van der Waals surface area contributed by atoms with Crippen LogP contribution in [-0.2, 0) is 4.79 Å². The fourth-order valence-corrected chi connectivity index (χ4v) is 4.67. The second-order valence-corrected chi connectivity index (χ2v) is 9.22. The fraction of sp³-hybridized carbons (Fsp3) is 0.320. The van der Waals surface area contributed by atoms with E-state index in [0.29, 0.717) is 35.3 Å². The third kappa shape index (κ3) is 3.61. The molecule has 1 aliphatic carbocycles. The lowest BCUT2D eigenvalue weighted by molar-refractivity contribution is -0.118. The Kier molecular flexibility index (Phi) is 4.88. The zero-order valence-corrected chi connectivity index (χ0v) is 19.0. The number of hydrogen-bond donors (Lipinski definition) is 2. The van der Waals surface area contributed by atoms with Crippen molar-refractivity contribution >= 4 is 11.7 Å². The van der Waals surface area contributed by atoms with E-state index in [1.54, 1.807) is 43.2 Å². The summed E-state index contributed by atoms with van der Waals surface area (Å²) < 4.78 is 12.8. The third-order valence-corrected chi connectivity index (χ3v) is 6.19. The average Bonchev–Trinajstić information content (AvgIpc) is 3.20. The van der Waals surface area contributed by atoms with Crippen LogP contribution in [0.4, 0.5) is 5.95 Å². The minimum absolute atomic E-state index is 0.0870. The summed E-state index contributed by atoms with van der Waals surface area (Å²) in [7, 11) is 3.20. The number of hydrogen-bond acceptors (Lipinski definition) is 7.